The summed E-state index contributed by atoms with van der Waals surface area (Å²) in [4.78, 5) is 30.8. The summed E-state index contributed by atoms with van der Waals surface area (Å²) in [6, 6.07) is 9.87. The molecule has 1 aliphatic carbocycles. The van der Waals surface area contributed by atoms with Crippen LogP contribution in [-0.4, -0.2) is 68.2 Å². The zero-order valence-corrected chi connectivity index (χ0v) is 22.1. The second-order valence-corrected chi connectivity index (χ2v) is 12.6. The lowest BCUT2D eigenvalue weighted by atomic mass is 9.82. The first-order valence-corrected chi connectivity index (χ1v) is 14.9. The Hall–Kier alpha value is -2.00. The summed E-state index contributed by atoms with van der Waals surface area (Å²) in [6.45, 7) is 3.81. The lowest BCUT2D eigenvalue weighted by molar-refractivity contribution is -0.138. The molecule has 5 rings (SSSR count). The number of nitrogens with one attached hydrogen (secondary N) is 1. The number of rotatable bonds is 6. The molecule has 9 heteroatoms. The SMILES string of the molecule is O=C1C(CC(=O)N2CCC(N3CCCC3)CC2)CCC[C@@H]1NS(=O)(=O)c1ccc2cc(Cl)ccc2c1. The van der Waals surface area contributed by atoms with E-state index in [9.17, 15) is 18.0 Å². The van der Waals surface area contributed by atoms with Crippen molar-refractivity contribution in [1.29, 1.82) is 0 Å². The van der Waals surface area contributed by atoms with Gasteiger partial charge < -0.3 is 9.80 Å². The Morgan fingerprint density at radius 3 is 2.36 bits per heavy atom. The number of carbonyl (C=O) groups is 2. The molecule has 1 unspecified atom stereocenters. The Balaban J connectivity index is 1.19. The Bertz CT molecular complexity index is 1240. The molecule has 0 aromatic heterocycles. The van der Waals surface area contributed by atoms with Gasteiger partial charge in [-0.05, 0) is 86.7 Å². The van der Waals surface area contributed by atoms with E-state index in [-0.39, 0.29) is 23.0 Å². The van der Waals surface area contributed by atoms with Crippen molar-refractivity contribution < 1.29 is 18.0 Å². The summed E-state index contributed by atoms with van der Waals surface area (Å²) in [5.41, 5.74) is 0. The fourth-order valence-electron chi connectivity index (χ4n) is 6.00. The number of piperidine rings is 1. The molecule has 2 aromatic carbocycles. The van der Waals surface area contributed by atoms with Gasteiger partial charge in [-0.15, -0.1) is 0 Å². The molecule has 1 saturated carbocycles. The highest BCUT2D eigenvalue weighted by Gasteiger charge is 2.37. The van der Waals surface area contributed by atoms with Crippen molar-refractivity contribution in [3.05, 3.63) is 41.4 Å². The number of fused-ring (bicyclic) bond motifs is 1. The lowest BCUT2D eigenvalue weighted by Gasteiger charge is -2.37. The molecule has 1 amide bonds. The van der Waals surface area contributed by atoms with Gasteiger partial charge in [0.25, 0.3) is 0 Å². The van der Waals surface area contributed by atoms with Crippen LogP contribution in [0, 0.1) is 5.92 Å². The highest BCUT2D eigenvalue weighted by Crippen LogP contribution is 2.28. The second-order valence-electron chi connectivity index (χ2n) is 10.4. The van der Waals surface area contributed by atoms with Gasteiger partial charge >= 0.3 is 0 Å². The summed E-state index contributed by atoms with van der Waals surface area (Å²) < 4.78 is 28.8. The number of ketones is 1. The minimum Gasteiger partial charge on any atom is -0.343 e. The minimum atomic E-state index is -3.88. The standard InChI is InChI=1S/C27H34ClN3O4S/c28-22-8-6-20-17-24(9-7-19(20)16-22)36(34,35)29-25-5-3-4-21(27(25)33)18-26(32)31-14-10-23(11-15-31)30-12-1-2-13-30/h6-9,16-17,21,23,25,29H,1-5,10-15,18H2/t21?,25-/m0/s1. The first-order valence-electron chi connectivity index (χ1n) is 13.1. The monoisotopic (exact) mass is 531 g/mol. The van der Waals surface area contributed by atoms with Gasteiger partial charge in [0.15, 0.2) is 5.78 Å². The average Bonchev–Trinajstić information content (AvgIpc) is 3.41. The Labute approximate surface area is 218 Å². The number of benzene rings is 2. The first kappa shape index (κ1) is 25.6. The van der Waals surface area contributed by atoms with Gasteiger partial charge in [0.1, 0.15) is 0 Å². The maximum atomic E-state index is 13.2. The number of Topliss-reactive ketones (excluding diaryl/α,β-unsaturated/α-hetero) is 1. The largest absolute Gasteiger partial charge is 0.343 e. The number of likely N-dealkylation sites (tertiary alicyclic amines) is 2. The fraction of sp³-hybridized carbons (Fsp3) is 0.556. The number of nitrogens with zero attached hydrogens (tertiary/aromatic N) is 2. The van der Waals surface area contributed by atoms with E-state index in [1.54, 1.807) is 30.3 Å². The molecule has 3 aliphatic rings. The van der Waals surface area contributed by atoms with Gasteiger partial charge in [-0.2, -0.15) is 0 Å². The number of halogens is 1. The molecule has 2 saturated heterocycles. The number of hydrogen-bond acceptors (Lipinski definition) is 5. The quantitative estimate of drug-likeness (QED) is 0.609. The summed E-state index contributed by atoms with van der Waals surface area (Å²) >= 11 is 6.03. The van der Waals surface area contributed by atoms with E-state index in [0.29, 0.717) is 30.3 Å². The van der Waals surface area contributed by atoms with E-state index in [0.717, 1.165) is 36.7 Å². The lowest BCUT2D eigenvalue weighted by Crippen LogP contribution is -2.49. The van der Waals surface area contributed by atoms with Crippen molar-refractivity contribution in [2.24, 2.45) is 5.92 Å². The first-order chi connectivity index (χ1) is 17.3. The molecule has 3 fully saturated rings. The van der Waals surface area contributed by atoms with Crippen LogP contribution in [0.5, 0.6) is 0 Å². The number of hydrogen-bond donors (Lipinski definition) is 1. The van der Waals surface area contributed by atoms with Crippen molar-refractivity contribution in [2.75, 3.05) is 26.2 Å². The van der Waals surface area contributed by atoms with Crippen LogP contribution in [0.3, 0.4) is 0 Å². The molecule has 0 spiro atoms. The molecule has 0 radical (unpaired) electrons. The molecule has 36 heavy (non-hydrogen) atoms. The third-order valence-electron chi connectivity index (χ3n) is 8.07. The Kier molecular flexibility index (Phi) is 7.67. The Morgan fingerprint density at radius 1 is 0.917 bits per heavy atom. The molecular weight excluding hydrogens is 498 g/mol. The van der Waals surface area contributed by atoms with Crippen LogP contribution < -0.4 is 4.72 Å². The van der Waals surface area contributed by atoms with Gasteiger partial charge in [0, 0.05) is 36.5 Å². The zero-order valence-electron chi connectivity index (χ0n) is 20.5. The average molecular weight is 532 g/mol. The molecule has 194 valence electrons. The molecule has 2 aliphatic heterocycles. The van der Waals surface area contributed by atoms with E-state index in [1.165, 1.54) is 32.0 Å². The van der Waals surface area contributed by atoms with Gasteiger partial charge in [-0.25, -0.2) is 13.1 Å². The van der Waals surface area contributed by atoms with Crippen LogP contribution in [0.1, 0.15) is 51.4 Å². The van der Waals surface area contributed by atoms with Crippen molar-refractivity contribution in [3.8, 4) is 0 Å². The highest BCUT2D eigenvalue weighted by molar-refractivity contribution is 7.89. The topological polar surface area (TPSA) is 86.8 Å². The van der Waals surface area contributed by atoms with Crippen molar-refractivity contribution >= 4 is 44.1 Å². The van der Waals surface area contributed by atoms with Gasteiger partial charge in [0.05, 0.1) is 10.9 Å². The predicted octanol–water partition coefficient (Wildman–Crippen LogP) is 3.99. The van der Waals surface area contributed by atoms with E-state index in [1.807, 2.05) is 4.90 Å². The van der Waals surface area contributed by atoms with Crippen molar-refractivity contribution in [3.63, 3.8) is 0 Å². The fourth-order valence-corrected chi connectivity index (χ4v) is 7.46. The number of sulfonamides is 1. The van der Waals surface area contributed by atoms with Crippen molar-refractivity contribution in [1.82, 2.24) is 14.5 Å². The Morgan fingerprint density at radius 2 is 1.61 bits per heavy atom. The van der Waals surface area contributed by atoms with Crippen LogP contribution in [0.25, 0.3) is 10.8 Å². The normalized spacial score (nSPS) is 24.5. The molecule has 2 aromatic rings. The predicted molar refractivity (Wildman–Crippen MR) is 140 cm³/mol. The molecule has 7 nitrogen and oxygen atoms in total. The maximum absolute atomic E-state index is 13.2. The third kappa shape index (κ3) is 5.62. The van der Waals surface area contributed by atoms with E-state index in [2.05, 4.69) is 9.62 Å². The van der Waals surface area contributed by atoms with E-state index >= 15 is 0 Å². The molecule has 2 heterocycles. The number of amides is 1. The molecule has 0 bridgehead atoms. The second kappa shape index (κ2) is 10.8. The summed E-state index contributed by atoms with van der Waals surface area (Å²) in [5, 5.41) is 2.19. The van der Waals surface area contributed by atoms with Gasteiger partial charge in [0.2, 0.25) is 15.9 Å². The van der Waals surface area contributed by atoms with Crippen LogP contribution in [0.15, 0.2) is 41.3 Å². The van der Waals surface area contributed by atoms with Crippen LogP contribution >= 0.6 is 11.6 Å². The van der Waals surface area contributed by atoms with E-state index < -0.39 is 22.0 Å². The van der Waals surface area contributed by atoms with Crippen LogP contribution in [-0.2, 0) is 19.6 Å². The molecular formula is C27H34ClN3O4S. The van der Waals surface area contributed by atoms with Crippen molar-refractivity contribution in [2.45, 2.75) is 68.3 Å². The zero-order chi connectivity index (χ0) is 25.3. The van der Waals surface area contributed by atoms with E-state index in [4.69, 9.17) is 11.6 Å². The smallest absolute Gasteiger partial charge is 0.241 e. The maximum Gasteiger partial charge on any atom is 0.241 e. The van der Waals surface area contributed by atoms with Gasteiger partial charge in [-0.1, -0.05) is 30.2 Å². The summed E-state index contributed by atoms with van der Waals surface area (Å²) in [7, 11) is -3.88. The third-order valence-corrected chi connectivity index (χ3v) is 9.77. The molecule has 1 N–H and O–H groups in total. The highest BCUT2D eigenvalue weighted by atomic mass is 35.5. The summed E-state index contributed by atoms with van der Waals surface area (Å²) in [5.74, 6) is -0.586. The van der Waals surface area contributed by atoms with Crippen LogP contribution in [0.4, 0.5) is 0 Å². The minimum absolute atomic E-state index is 0.0184. The summed E-state index contributed by atoms with van der Waals surface area (Å²) in [6.07, 6.45) is 6.48. The van der Waals surface area contributed by atoms with Gasteiger partial charge in [-0.3, -0.25) is 9.59 Å². The van der Waals surface area contributed by atoms with Crippen LogP contribution in [0.2, 0.25) is 5.02 Å². The molecule has 2 atom stereocenters. The number of carbonyl (C=O) groups excluding carboxylic acids is 2.